The summed E-state index contributed by atoms with van der Waals surface area (Å²) in [6.07, 6.45) is 2.73. The second kappa shape index (κ2) is 14.8. The molecule has 0 saturated carbocycles. The quantitative estimate of drug-likeness (QED) is 0.362. The van der Waals surface area contributed by atoms with E-state index in [1.54, 1.807) is 14.1 Å². The topological polar surface area (TPSA) is 125 Å². The van der Waals surface area contributed by atoms with Gasteiger partial charge in [-0.25, -0.2) is 4.79 Å². The molecule has 0 aliphatic heterocycles. The van der Waals surface area contributed by atoms with Crippen LogP contribution in [-0.2, 0) is 26.3 Å². The van der Waals surface area contributed by atoms with Gasteiger partial charge in [0.1, 0.15) is 6.04 Å². The monoisotopic (exact) mass is 504 g/mol. The van der Waals surface area contributed by atoms with Gasteiger partial charge in [0.15, 0.2) is 0 Å². The van der Waals surface area contributed by atoms with Gasteiger partial charge in [-0.1, -0.05) is 85.2 Å². The fraction of sp³-hybridized carbons (Fsp3) is 0.607. The number of hydrogen-bond donors (Lipinski definition) is 4. The lowest BCUT2D eigenvalue weighted by Crippen LogP contribution is -2.60. The van der Waals surface area contributed by atoms with E-state index in [2.05, 4.69) is 24.5 Å². The lowest BCUT2D eigenvalue weighted by Gasteiger charge is -2.38. The third kappa shape index (κ3) is 9.74. The van der Waals surface area contributed by atoms with Crippen molar-refractivity contribution >= 4 is 17.8 Å². The molecule has 0 aromatic heterocycles. The number of aliphatic carboxylic acids is 1. The SMILES string of the molecule is CCC.CNC(C(=O)NC(C(=O)N(C)C/C=C(\C)C(=O)O)C(C)(C)C)C(C)(C)c1cccc(CN)c1. The van der Waals surface area contributed by atoms with Crippen molar-refractivity contribution in [1.82, 2.24) is 15.5 Å². The normalized spacial score (nSPS) is 13.7. The second-order valence-corrected chi connectivity index (χ2v) is 10.8. The van der Waals surface area contributed by atoms with Crippen LogP contribution in [-0.4, -0.2) is 60.5 Å². The molecule has 0 aliphatic carbocycles. The van der Waals surface area contributed by atoms with Gasteiger partial charge in [-0.3, -0.25) is 9.59 Å². The predicted octanol–water partition coefficient (Wildman–Crippen LogP) is 3.45. The average molecular weight is 505 g/mol. The highest BCUT2D eigenvalue weighted by Crippen LogP contribution is 2.29. The molecule has 0 saturated heterocycles. The molecular weight excluding hydrogens is 456 g/mol. The number of carbonyl (C=O) groups excluding carboxylic acids is 2. The summed E-state index contributed by atoms with van der Waals surface area (Å²) in [4.78, 5) is 39.1. The number of hydrogen-bond acceptors (Lipinski definition) is 5. The fourth-order valence-electron chi connectivity index (χ4n) is 3.63. The number of likely N-dealkylation sites (N-methyl/N-ethyl adjacent to an activating group) is 2. The van der Waals surface area contributed by atoms with Crippen molar-refractivity contribution in [3.63, 3.8) is 0 Å². The molecule has 2 unspecified atom stereocenters. The van der Waals surface area contributed by atoms with Crippen LogP contribution in [0.4, 0.5) is 0 Å². The van der Waals surface area contributed by atoms with Crippen LogP contribution in [0.1, 0.15) is 72.9 Å². The standard InChI is InChI=1S/C25H40N4O4.C3H8/c1-16(23(32)33)12-13-29(8)22(31)20(24(2,3)4)28-21(30)19(27-7)25(5,6)18-11-9-10-17(14-18)15-26;1-3-2/h9-12,14,19-20,27H,13,15,26H2,1-8H3,(H,28,30)(H,32,33);3H2,1-2H3/b16-12+;. The first kappa shape index (κ1) is 33.3. The number of benzene rings is 1. The van der Waals surface area contributed by atoms with Crippen LogP contribution in [0.15, 0.2) is 35.9 Å². The maximum Gasteiger partial charge on any atom is 0.331 e. The van der Waals surface area contributed by atoms with Crippen LogP contribution in [0.2, 0.25) is 0 Å². The number of carboxylic acids is 1. The van der Waals surface area contributed by atoms with Crippen molar-refractivity contribution < 1.29 is 19.5 Å². The van der Waals surface area contributed by atoms with Gasteiger partial charge < -0.3 is 26.4 Å². The van der Waals surface area contributed by atoms with Gasteiger partial charge in [0.25, 0.3) is 0 Å². The van der Waals surface area contributed by atoms with Gasteiger partial charge in [-0.05, 0) is 30.5 Å². The zero-order chi connectivity index (χ0) is 28.3. The third-order valence-corrected chi connectivity index (χ3v) is 5.96. The van der Waals surface area contributed by atoms with Gasteiger partial charge in [0.05, 0.1) is 6.04 Å². The maximum absolute atomic E-state index is 13.4. The van der Waals surface area contributed by atoms with E-state index in [1.807, 2.05) is 58.9 Å². The van der Waals surface area contributed by atoms with E-state index in [0.717, 1.165) is 11.1 Å². The second-order valence-electron chi connectivity index (χ2n) is 10.8. The Morgan fingerprint density at radius 1 is 1.11 bits per heavy atom. The Kier molecular flexibility index (Phi) is 13.6. The molecule has 2 atom stereocenters. The lowest BCUT2D eigenvalue weighted by atomic mass is 9.76. The molecule has 0 heterocycles. The summed E-state index contributed by atoms with van der Waals surface area (Å²) in [7, 11) is 3.31. The summed E-state index contributed by atoms with van der Waals surface area (Å²) in [5, 5.41) is 15.1. The third-order valence-electron chi connectivity index (χ3n) is 5.96. The van der Waals surface area contributed by atoms with Gasteiger partial charge in [0.2, 0.25) is 11.8 Å². The first-order valence-corrected chi connectivity index (χ1v) is 12.5. The number of nitrogens with zero attached hydrogens (tertiary/aromatic N) is 1. The molecule has 5 N–H and O–H groups in total. The zero-order valence-electron chi connectivity index (χ0n) is 23.9. The molecule has 8 nitrogen and oxygen atoms in total. The Bertz CT molecular complexity index is 903. The molecular formula is C28H48N4O4. The summed E-state index contributed by atoms with van der Waals surface area (Å²) in [6, 6.07) is 6.42. The van der Waals surface area contributed by atoms with Gasteiger partial charge in [-0.2, -0.15) is 0 Å². The van der Waals surface area contributed by atoms with E-state index in [1.165, 1.54) is 24.3 Å². The van der Waals surface area contributed by atoms with Crippen molar-refractivity contribution in [3.8, 4) is 0 Å². The highest BCUT2D eigenvalue weighted by Gasteiger charge is 2.40. The van der Waals surface area contributed by atoms with Crippen molar-refractivity contribution in [2.75, 3.05) is 20.6 Å². The van der Waals surface area contributed by atoms with E-state index in [4.69, 9.17) is 10.8 Å². The number of nitrogens with two attached hydrogens (primary N) is 1. The van der Waals surface area contributed by atoms with Crippen molar-refractivity contribution in [2.45, 2.75) is 85.9 Å². The van der Waals surface area contributed by atoms with E-state index in [0.29, 0.717) is 6.54 Å². The number of carboxylic acid groups (broad SMARTS) is 1. The van der Waals surface area contributed by atoms with Gasteiger partial charge >= 0.3 is 5.97 Å². The molecule has 0 radical (unpaired) electrons. The van der Waals surface area contributed by atoms with Crippen molar-refractivity contribution in [3.05, 3.63) is 47.0 Å². The molecule has 36 heavy (non-hydrogen) atoms. The molecule has 0 aliphatic rings. The van der Waals surface area contributed by atoms with Crippen LogP contribution in [0.5, 0.6) is 0 Å². The highest BCUT2D eigenvalue weighted by atomic mass is 16.4. The van der Waals surface area contributed by atoms with Crippen LogP contribution in [0.25, 0.3) is 0 Å². The molecule has 2 amide bonds. The molecule has 204 valence electrons. The average Bonchev–Trinajstić information content (AvgIpc) is 2.80. The summed E-state index contributed by atoms with van der Waals surface area (Å²) in [6.45, 7) is 15.9. The summed E-state index contributed by atoms with van der Waals surface area (Å²) in [5.74, 6) is -1.61. The van der Waals surface area contributed by atoms with E-state index < -0.39 is 28.9 Å². The Labute approximate surface area is 217 Å². The largest absolute Gasteiger partial charge is 0.478 e. The molecule has 0 fully saturated rings. The van der Waals surface area contributed by atoms with E-state index >= 15 is 0 Å². The van der Waals surface area contributed by atoms with Crippen LogP contribution >= 0.6 is 0 Å². The van der Waals surface area contributed by atoms with Crippen molar-refractivity contribution in [1.29, 1.82) is 0 Å². The zero-order valence-corrected chi connectivity index (χ0v) is 23.9. The first-order chi connectivity index (χ1) is 16.6. The minimum Gasteiger partial charge on any atom is -0.478 e. The maximum atomic E-state index is 13.4. The fourth-order valence-corrected chi connectivity index (χ4v) is 3.63. The minimum absolute atomic E-state index is 0.131. The number of nitrogens with one attached hydrogen (secondary N) is 2. The van der Waals surface area contributed by atoms with Crippen LogP contribution in [0.3, 0.4) is 0 Å². The highest BCUT2D eigenvalue weighted by molar-refractivity contribution is 5.91. The molecule has 0 bridgehead atoms. The molecule has 1 aromatic rings. The Balaban J connectivity index is 0.00000387. The number of amides is 2. The van der Waals surface area contributed by atoms with Crippen molar-refractivity contribution in [2.24, 2.45) is 11.1 Å². The molecule has 8 heteroatoms. The molecule has 1 aromatic carbocycles. The molecule has 1 rings (SSSR count). The summed E-state index contributed by atoms with van der Waals surface area (Å²) in [5.41, 5.74) is 6.75. The smallest absolute Gasteiger partial charge is 0.331 e. The summed E-state index contributed by atoms with van der Waals surface area (Å²) < 4.78 is 0. The first-order valence-electron chi connectivity index (χ1n) is 12.5. The number of rotatable bonds is 10. The molecule has 0 spiro atoms. The van der Waals surface area contributed by atoms with E-state index in [9.17, 15) is 14.4 Å². The lowest BCUT2D eigenvalue weighted by molar-refractivity contribution is -0.139. The van der Waals surface area contributed by atoms with Crippen LogP contribution < -0.4 is 16.4 Å². The minimum atomic E-state index is -1.03. The Morgan fingerprint density at radius 3 is 2.11 bits per heavy atom. The Hall–Kier alpha value is -2.71. The van der Waals surface area contributed by atoms with E-state index in [-0.39, 0.29) is 23.9 Å². The summed E-state index contributed by atoms with van der Waals surface area (Å²) >= 11 is 0. The van der Waals surface area contributed by atoms with Gasteiger partial charge in [-0.15, -0.1) is 0 Å². The predicted molar refractivity (Wildman–Crippen MR) is 147 cm³/mol. The van der Waals surface area contributed by atoms with Crippen LogP contribution in [0, 0.1) is 5.41 Å². The number of carbonyl (C=O) groups is 3. The van der Waals surface area contributed by atoms with Gasteiger partial charge in [0, 0.05) is 31.1 Å². The Morgan fingerprint density at radius 2 is 1.67 bits per heavy atom.